The Bertz CT molecular complexity index is 454. The van der Waals surface area contributed by atoms with Gasteiger partial charge in [0.25, 0.3) is 5.91 Å². The standard InChI is InChI=1S/C13H21N3O3/c1-4-5-6-7-9(2)15-12(17)11-10(13(18)19)8-14-16(11)3/h8-9H,4-7H2,1-3H3,(H,15,17)(H,18,19). The van der Waals surface area contributed by atoms with Gasteiger partial charge in [0.1, 0.15) is 11.3 Å². The molecule has 0 aliphatic rings. The molecule has 1 rings (SSSR count). The van der Waals surface area contributed by atoms with Crippen molar-refractivity contribution in [3.63, 3.8) is 0 Å². The third kappa shape index (κ3) is 4.08. The van der Waals surface area contributed by atoms with Crippen molar-refractivity contribution in [2.24, 2.45) is 7.05 Å². The summed E-state index contributed by atoms with van der Waals surface area (Å²) in [6, 6.07) is 0.0237. The van der Waals surface area contributed by atoms with Crippen molar-refractivity contribution in [2.75, 3.05) is 0 Å². The molecule has 6 heteroatoms. The van der Waals surface area contributed by atoms with Gasteiger partial charge in [-0.05, 0) is 13.3 Å². The zero-order valence-corrected chi connectivity index (χ0v) is 11.6. The van der Waals surface area contributed by atoms with Gasteiger partial charge in [-0.3, -0.25) is 9.48 Å². The number of carboxylic acids is 1. The highest BCUT2D eigenvalue weighted by atomic mass is 16.4. The van der Waals surface area contributed by atoms with E-state index in [1.54, 1.807) is 7.05 Å². The fraction of sp³-hybridized carbons (Fsp3) is 0.615. The second-order valence-electron chi connectivity index (χ2n) is 4.71. The molecule has 0 radical (unpaired) electrons. The molecule has 0 aromatic carbocycles. The number of aryl methyl sites for hydroxylation is 1. The molecule has 106 valence electrons. The van der Waals surface area contributed by atoms with Crippen LogP contribution in [0.25, 0.3) is 0 Å². The van der Waals surface area contributed by atoms with E-state index in [-0.39, 0.29) is 23.2 Å². The first kappa shape index (κ1) is 15.2. The number of nitrogens with zero attached hydrogens (tertiary/aromatic N) is 2. The van der Waals surface area contributed by atoms with Gasteiger partial charge in [-0.25, -0.2) is 4.79 Å². The van der Waals surface area contributed by atoms with Crippen LogP contribution in [0.1, 0.15) is 60.4 Å². The Balaban J connectivity index is 2.68. The van der Waals surface area contributed by atoms with Crippen LogP contribution in [0, 0.1) is 0 Å². The molecule has 0 saturated carbocycles. The lowest BCUT2D eigenvalue weighted by molar-refractivity contribution is 0.0690. The molecular weight excluding hydrogens is 246 g/mol. The molecule has 1 amide bonds. The van der Waals surface area contributed by atoms with Crippen LogP contribution in [0.4, 0.5) is 0 Å². The lowest BCUT2D eigenvalue weighted by atomic mass is 10.1. The summed E-state index contributed by atoms with van der Waals surface area (Å²) in [5, 5.41) is 15.6. The zero-order chi connectivity index (χ0) is 14.4. The number of hydrogen-bond donors (Lipinski definition) is 2. The molecule has 1 heterocycles. The number of nitrogens with one attached hydrogen (secondary N) is 1. The van der Waals surface area contributed by atoms with Gasteiger partial charge in [0.15, 0.2) is 0 Å². The second-order valence-corrected chi connectivity index (χ2v) is 4.71. The van der Waals surface area contributed by atoms with Crippen molar-refractivity contribution in [1.29, 1.82) is 0 Å². The third-order valence-electron chi connectivity index (χ3n) is 3.00. The maximum atomic E-state index is 12.1. The average Bonchev–Trinajstić information content (AvgIpc) is 2.71. The highest BCUT2D eigenvalue weighted by Crippen LogP contribution is 2.09. The van der Waals surface area contributed by atoms with Crippen LogP contribution in [0.3, 0.4) is 0 Å². The molecule has 19 heavy (non-hydrogen) atoms. The first-order valence-electron chi connectivity index (χ1n) is 6.53. The van der Waals surface area contributed by atoms with Gasteiger partial charge >= 0.3 is 5.97 Å². The summed E-state index contributed by atoms with van der Waals surface area (Å²) in [7, 11) is 1.56. The quantitative estimate of drug-likeness (QED) is 0.738. The highest BCUT2D eigenvalue weighted by Gasteiger charge is 2.22. The second kappa shape index (κ2) is 6.92. The number of carboxylic acid groups (broad SMARTS) is 1. The first-order chi connectivity index (χ1) is 8.97. The molecule has 0 aliphatic heterocycles. The van der Waals surface area contributed by atoms with Crippen LogP contribution in [0.2, 0.25) is 0 Å². The van der Waals surface area contributed by atoms with Crippen molar-refractivity contribution >= 4 is 11.9 Å². The molecule has 0 aliphatic carbocycles. The normalized spacial score (nSPS) is 12.2. The van der Waals surface area contributed by atoms with E-state index in [0.29, 0.717) is 0 Å². The predicted molar refractivity (Wildman–Crippen MR) is 71.2 cm³/mol. The number of amides is 1. The Morgan fingerprint density at radius 2 is 2.16 bits per heavy atom. The van der Waals surface area contributed by atoms with Crippen molar-refractivity contribution in [1.82, 2.24) is 15.1 Å². The van der Waals surface area contributed by atoms with Gasteiger partial charge in [0.2, 0.25) is 0 Å². The molecule has 0 spiro atoms. The van der Waals surface area contributed by atoms with E-state index in [9.17, 15) is 9.59 Å². The summed E-state index contributed by atoms with van der Waals surface area (Å²) >= 11 is 0. The minimum Gasteiger partial charge on any atom is -0.478 e. The maximum Gasteiger partial charge on any atom is 0.339 e. The Kier molecular flexibility index (Phi) is 5.54. The van der Waals surface area contributed by atoms with Crippen molar-refractivity contribution < 1.29 is 14.7 Å². The molecule has 0 saturated heterocycles. The van der Waals surface area contributed by atoms with Crippen molar-refractivity contribution in [3.8, 4) is 0 Å². The summed E-state index contributed by atoms with van der Waals surface area (Å²) < 4.78 is 1.29. The smallest absolute Gasteiger partial charge is 0.339 e. The summed E-state index contributed by atoms with van der Waals surface area (Å²) in [6.07, 6.45) is 5.39. The minimum atomic E-state index is -1.14. The Morgan fingerprint density at radius 3 is 2.74 bits per heavy atom. The molecule has 0 fully saturated rings. The number of hydrogen-bond acceptors (Lipinski definition) is 3. The highest BCUT2D eigenvalue weighted by molar-refractivity contribution is 6.03. The summed E-state index contributed by atoms with van der Waals surface area (Å²) in [6.45, 7) is 4.04. The van der Waals surface area contributed by atoms with Gasteiger partial charge in [-0.15, -0.1) is 0 Å². The SMILES string of the molecule is CCCCCC(C)NC(=O)c1c(C(=O)O)cnn1C. The van der Waals surface area contributed by atoms with Gasteiger partial charge in [-0.2, -0.15) is 5.10 Å². The first-order valence-corrected chi connectivity index (χ1v) is 6.53. The van der Waals surface area contributed by atoms with Crippen molar-refractivity contribution in [2.45, 2.75) is 45.6 Å². The van der Waals surface area contributed by atoms with E-state index >= 15 is 0 Å². The number of aromatic nitrogens is 2. The van der Waals surface area contributed by atoms with E-state index in [1.807, 2.05) is 6.92 Å². The summed E-state index contributed by atoms with van der Waals surface area (Å²) in [5.74, 6) is -1.53. The van der Waals surface area contributed by atoms with Gasteiger partial charge in [-0.1, -0.05) is 26.2 Å². The molecule has 0 bridgehead atoms. The average molecular weight is 267 g/mol. The Morgan fingerprint density at radius 1 is 1.47 bits per heavy atom. The maximum absolute atomic E-state index is 12.1. The molecule has 1 atom stereocenters. The lowest BCUT2D eigenvalue weighted by Crippen LogP contribution is -2.34. The molecular formula is C13H21N3O3. The fourth-order valence-corrected chi connectivity index (χ4v) is 1.93. The zero-order valence-electron chi connectivity index (χ0n) is 11.6. The van der Waals surface area contributed by atoms with E-state index in [0.717, 1.165) is 25.7 Å². The van der Waals surface area contributed by atoms with Crippen LogP contribution < -0.4 is 5.32 Å². The molecule has 1 aromatic rings. The third-order valence-corrected chi connectivity index (χ3v) is 3.00. The summed E-state index contributed by atoms with van der Waals surface area (Å²) in [5.41, 5.74) is 0.0237. The Labute approximate surface area is 112 Å². The number of carbonyl (C=O) groups is 2. The van der Waals surface area contributed by atoms with E-state index in [1.165, 1.54) is 10.9 Å². The van der Waals surface area contributed by atoms with E-state index in [2.05, 4.69) is 17.3 Å². The lowest BCUT2D eigenvalue weighted by Gasteiger charge is -2.14. The van der Waals surface area contributed by atoms with E-state index < -0.39 is 5.97 Å². The van der Waals surface area contributed by atoms with Crippen LogP contribution in [0.15, 0.2) is 6.20 Å². The number of carbonyl (C=O) groups excluding carboxylic acids is 1. The number of rotatable bonds is 7. The van der Waals surface area contributed by atoms with Gasteiger partial charge in [0, 0.05) is 13.1 Å². The fourth-order valence-electron chi connectivity index (χ4n) is 1.93. The molecule has 1 unspecified atom stereocenters. The molecule has 1 aromatic heterocycles. The van der Waals surface area contributed by atoms with Crippen LogP contribution in [0.5, 0.6) is 0 Å². The van der Waals surface area contributed by atoms with Gasteiger partial charge in [0.05, 0.1) is 6.20 Å². The van der Waals surface area contributed by atoms with E-state index in [4.69, 9.17) is 5.11 Å². The molecule has 6 nitrogen and oxygen atoms in total. The molecule has 2 N–H and O–H groups in total. The largest absolute Gasteiger partial charge is 0.478 e. The summed E-state index contributed by atoms with van der Waals surface area (Å²) in [4.78, 5) is 23.1. The monoisotopic (exact) mass is 267 g/mol. The van der Waals surface area contributed by atoms with Crippen LogP contribution in [-0.4, -0.2) is 32.8 Å². The van der Waals surface area contributed by atoms with Crippen LogP contribution in [-0.2, 0) is 7.05 Å². The predicted octanol–water partition coefficient (Wildman–Crippen LogP) is 1.82. The Hall–Kier alpha value is -1.85. The number of aromatic carboxylic acids is 1. The van der Waals surface area contributed by atoms with Crippen molar-refractivity contribution in [3.05, 3.63) is 17.5 Å². The van der Waals surface area contributed by atoms with Crippen LogP contribution >= 0.6 is 0 Å². The minimum absolute atomic E-state index is 0.0237. The topological polar surface area (TPSA) is 84.2 Å². The number of unbranched alkanes of at least 4 members (excludes halogenated alkanes) is 2. The van der Waals surface area contributed by atoms with Gasteiger partial charge < -0.3 is 10.4 Å².